The third kappa shape index (κ3) is 5.20. The summed E-state index contributed by atoms with van der Waals surface area (Å²) in [4.78, 5) is 21.0. The van der Waals surface area contributed by atoms with Gasteiger partial charge in [0.2, 0.25) is 5.91 Å². The Bertz CT molecular complexity index is 810. The molecular weight excluding hydrogens is 374 g/mol. The van der Waals surface area contributed by atoms with Crippen molar-refractivity contribution in [1.82, 2.24) is 24.6 Å². The fourth-order valence-corrected chi connectivity index (χ4v) is 3.67. The molecular formula is C21H28ClN5O. The summed E-state index contributed by atoms with van der Waals surface area (Å²) in [6, 6.07) is 4.04. The van der Waals surface area contributed by atoms with Crippen molar-refractivity contribution in [3.8, 4) is 0 Å². The quantitative estimate of drug-likeness (QED) is 0.667. The van der Waals surface area contributed by atoms with Crippen LogP contribution in [-0.2, 0) is 17.9 Å². The van der Waals surface area contributed by atoms with Crippen molar-refractivity contribution in [3.63, 3.8) is 0 Å². The standard InChI is InChI=1S/C21H28ClN5O/c1-3-4-10-27-21(22)19(17(2)24-27)7-8-20(28)26-13-11-25(12-14-26)16-18-6-5-9-23-15-18/h5-9,15H,3-4,10-14,16H2,1-2H3/b8-7+. The first-order valence-corrected chi connectivity index (χ1v) is 10.3. The Hall–Kier alpha value is -2.18. The number of piperazine rings is 1. The molecule has 0 saturated carbocycles. The molecule has 1 aliphatic heterocycles. The van der Waals surface area contributed by atoms with Crippen LogP contribution in [0, 0.1) is 6.92 Å². The minimum absolute atomic E-state index is 0.0257. The van der Waals surface area contributed by atoms with Gasteiger partial charge in [0.25, 0.3) is 0 Å². The van der Waals surface area contributed by atoms with E-state index in [0.717, 1.165) is 63.4 Å². The summed E-state index contributed by atoms with van der Waals surface area (Å²) in [7, 11) is 0. The van der Waals surface area contributed by atoms with Crippen LogP contribution in [0.25, 0.3) is 6.08 Å². The molecule has 1 amide bonds. The molecule has 28 heavy (non-hydrogen) atoms. The monoisotopic (exact) mass is 401 g/mol. The lowest BCUT2D eigenvalue weighted by Gasteiger charge is -2.34. The highest BCUT2D eigenvalue weighted by Gasteiger charge is 2.20. The summed E-state index contributed by atoms with van der Waals surface area (Å²) in [5.41, 5.74) is 2.89. The lowest BCUT2D eigenvalue weighted by Crippen LogP contribution is -2.47. The Labute approximate surface area is 171 Å². The first-order chi connectivity index (χ1) is 13.6. The van der Waals surface area contributed by atoms with Crippen molar-refractivity contribution >= 4 is 23.6 Å². The molecule has 0 spiro atoms. The van der Waals surface area contributed by atoms with E-state index >= 15 is 0 Å². The maximum Gasteiger partial charge on any atom is 0.246 e. The predicted molar refractivity (Wildman–Crippen MR) is 112 cm³/mol. The molecule has 0 bridgehead atoms. The molecule has 1 saturated heterocycles. The van der Waals surface area contributed by atoms with Crippen molar-refractivity contribution < 1.29 is 4.79 Å². The Morgan fingerprint density at radius 3 is 2.75 bits per heavy atom. The van der Waals surface area contributed by atoms with E-state index in [9.17, 15) is 4.79 Å². The molecule has 0 unspecified atom stereocenters. The molecule has 1 aliphatic rings. The lowest BCUT2D eigenvalue weighted by molar-refractivity contribution is -0.127. The predicted octanol–water partition coefficient (Wildman–Crippen LogP) is 3.40. The van der Waals surface area contributed by atoms with Gasteiger partial charge in [-0.25, -0.2) is 0 Å². The molecule has 2 aromatic heterocycles. The lowest BCUT2D eigenvalue weighted by atomic mass is 10.2. The molecule has 0 aromatic carbocycles. The minimum atomic E-state index is 0.0257. The maximum atomic E-state index is 12.6. The second-order valence-corrected chi connectivity index (χ2v) is 7.52. The van der Waals surface area contributed by atoms with Crippen LogP contribution in [0.4, 0.5) is 0 Å². The van der Waals surface area contributed by atoms with E-state index in [0.29, 0.717) is 5.15 Å². The van der Waals surface area contributed by atoms with E-state index in [4.69, 9.17) is 11.6 Å². The van der Waals surface area contributed by atoms with E-state index in [1.807, 2.05) is 28.8 Å². The summed E-state index contributed by atoms with van der Waals surface area (Å²) >= 11 is 6.44. The van der Waals surface area contributed by atoms with Crippen LogP contribution < -0.4 is 0 Å². The van der Waals surface area contributed by atoms with Gasteiger partial charge < -0.3 is 4.90 Å². The van der Waals surface area contributed by atoms with Crippen LogP contribution in [0.15, 0.2) is 30.6 Å². The number of aryl methyl sites for hydroxylation is 2. The van der Waals surface area contributed by atoms with Gasteiger partial charge in [-0.15, -0.1) is 0 Å². The fourth-order valence-electron chi connectivity index (χ4n) is 3.35. The van der Waals surface area contributed by atoms with E-state index in [1.165, 1.54) is 5.56 Å². The zero-order valence-corrected chi connectivity index (χ0v) is 17.4. The van der Waals surface area contributed by atoms with Gasteiger partial charge in [0, 0.05) is 63.3 Å². The highest BCUT2D eigenvalue weighted by molar-refractivity contribution is 6.31. The van der Waals surface area contributed by atoms with Crippen molar-refractivity contribution in [3.05, 3.63) is 52.6 Å². The number of rotatable bonds is 7. The highest BCUT2D eigenvalue weighted by atomic mass is 35.5. The Kier molecular flexibility index (Phi) is 7.23. The zero-order chi connectivity index (χ0) is 19.9. The maximum absolute atomic E-state index is 12.6. The summed E-state index contributed by atoms with van der Waals surface area (Å²) in [5.74, 6) is 0.0257. The average molecular weight is 402 g/mol. The van der Waals surface area contributed by atoms with Gasteiger partial charge in [-0.2, -0.15) is 5.10 Å². The van der Waals surface area contributed by atoms with Crippen LogP contribution in [0.1, 0.15) is 36.6 Å². The SMILES string of the molecule is CCCCn1nc(C)c(/C=C/C(=O)N2CCN(Cc3cccnc3)CC2)c1Cl. The molecule has 3 rings (SSSR count). The molecule has 1 fully saturated rings. The van der Waals surface area contributed by atoms with Crippen molar-refractivity contribution in [1.29, 1.82) is 0 Å². The number of nitrogens with zero attached hydrogens (tertiary/aromatic N) is 5. The molecule has 7 heteroatoms. The van der Waals surface area contributed by atoms with Crippen molar-refractivity contribution in [2.24, 2.45) is 0 Å². The molecule has 2 aromatic rings. The first kappa shape index (κ1) is 20.6. The van der Waals surface area contributed by atoms with Gasteiger partial charge in [-0.1, -0.05) is 31.0 Å². The Balaban J connectivity index is 1.54. The summed E-state index contributed by atoms with van der Waals surface area (Å²) < 4.78 is 1.82. The van der Waals surface area contributed by atoms with Gasteiger partial charge in [-0.3, -0.25) is 19.4 Å². The number of halogens is 1. The van der Waals surface area contributed by atoms with E-state index in [1.54, 1.807) is 18.3 Å². The summed E-state index contributed by atoms with van der Waals surface area (Å²) in [6.45, 7) is 8.93. The van der Waals surface area contributed by atoms with Gasteiger partial charge in [0.1, 0.15) is 5.15 Å². The largest absolute Gasteiger partial charge is 0.337 e. The van der Waals surface area contributed by atoms with Gasteiger partial charge in [-0.05, 0) is 31.1 Å². The first-order valence-electron chi connectivity index (χ1n) is 9.89. The molecule has 0 aliphatic carbocycles. The van der Waals surface area contributed by atoms with Gasteiger partial charge in [0.05, 0.1) is 5.69 Å². The van der Waals surface area contributed by atoms with Crippen LogP contribution in [0.2, 0.25) is 5.15 Å². The third-order valence-electron chi connectivity index (χ3n) is 5.04. The van der Waals surface area contributed by atoms with Gasteiger partial charge in [0.15, 0.2) is 0 Å². The minimum Gasteiger partial charge on any atom is -0.337 e. The fraction of sp³-hybridized carbons (Fsp3) is 0.476. The highest BCUT2D eigenvalue weighted by Crippen LogP contribution is 2.22. The number of hydrogen-bond acceptors (Lipinski definition) is 4. The number of aromatic nitrogens is 3. The molecule has 0 atom stereocenters. The normalized spacial score (nSPS) is 15.5. The van der Waals surface area contributed by atoms with Crippen LogP contribution in [0.3, 0.4) is 0 Å². The number of pyridine rings is 1. The van der Waals surface area contributed by atoms with Gasteiger partial charge >= 0.3 is 0 Å². The average Bonchev–Trinajstić information content (AvgIpc) is 2.98. The van der Waals surface area contributed by atoms with E-state index in [-0.39, 0.29) is 5.91 Å². The topological polar surface area (TPSA) is 54.3 Å². The molecule has 0 radical (unpaired) electrons. The number of unbranched alkanes of at least 4 members (excludes halogenated alkanes) is 1. The number of hydrogen-bond donors (Lipinski definition) is 0. The Morgan fingerprint density at radius 1 is 1.29 bits per heavy atom. The van der Waals surface area contributed by atoms with Crippen molar-refractivity contribution in [2.75, 3.05) is 26.2 Å². The van der Waals surface area contributed by atoms with Crippen LogP contribution in [-0.4, -0.2) is 56.7 Å². The Morgan fingerprint density at radius 2 is 2.07 bits per heavy atom. The van der Waals surface area contributed by atoms with E-state index in [2.05, 4.69) is 28.0 Å². The number of amides is 1. The molecule has 0 N–H and O–H groups in total. The second kappa shape index (κ2) is 9.85. The second-order valence-electron chi connectivity index (χ2n) is 7.16. The zero-order valence-electron chi connectivity index (χ0n) is 16.6. The van der Waals surface area contributed by atoms with E-state index < -0.39 is 0 Å². The smallest absolute Gasteiger partial charge is 0.246 e. The molecule has 3 heterocycles. The van der Waals surface area contributed by atoms with Crippen molar-refractivity contribution in [2.45, 2.75) is 39.8 Å². The molecule has 150 valence electrons. The number of carbonyl (C=O) groups is 1. The number of carbonyl (C=O) groups excluding carboxylic acids is 1. The van der Waals surface area contributed by atoms with Crippen LogP contribution in [0.5, 0.6) is 0 Å². The van der Waals surface area contributed by atoms with Crippen LogP contribution >= 0.6 is 11.6 Å². The molecule has 6 nitrogen and oxygen atoms in total. The summed E-state index contributed by atoms with van der Waals surface area (Å²) in [5, 5.41) is 5.09. The third-order valence-corrected chi connectivity index (χ3v) is 5.44. The summed E-state index contributed by atoms with van der Waals surface area (Å²) in [6.07, 6.45) is 9.23.